The van der Waals surface area contributed by atoms with Crippen molar-refractivity contribution in [1.29, 1.82) is 0 Å². The molecule has 1 atom stereocenters. The highest BCUT2D eigenvalue weighted by molar-refractivity contribution is 6.01. The van der Waals surface area contributed by atoms with Crippen LogP contribution in [0.25, 0.3) is 0 Å². The number of carbonyl (C=O) groups excluding carboxylic acids is 1. The summed E-state index contributed by atoms with van der Waals surface area (Å²) < 4.78 is 0. The predicted molar refractivity (Wildman–Crippen MR) is 41.7 cm³/mol. The van der Waals surface area contributed by atoms with Gasteiger partial charge in [-0.1, -0.05) is 33.3 Å². The quantitative estimate of drug-likeness (QED) is 0.501. The molecule has 0 saturated heterocycles. The van der Waals surface area contributed by atoms with E-state index in [4.69, 9.17) is 0 Å². The molecule has 0 aromatic carbocycles. The van der Waals surface area contributed by atoms with Crippen LogP contribution >= 0.6 is 0 Å². The summed E-state index contributed by atoms with van der Waals surface area (Å²) in [5.74, 6) is 0.463. The highest BCUT2D eigenvalue weighted by Gasteiger charge is 2.33. The zero-order valence-electron chi connectivity index (χ0n) is 7.06. The Labute approximate surface area is 62.1 Å². The van der Waals surface area contributed by atoms with Crippen molar-refractivity contribution in [2.45, 2.75) is 27.7 Å². The Balaban J connectivity index is 2.80. The molecule has 0 N–H and O–H groups in total. The largest absolute Gasteiger partial charge is 0.294 e. The molecular formula is C9H14O. The van der Waals surface area contributed by atoms with Gasteiger partial charge in [-0.2, -0.15) is 0 Å². The van der Waals surface area contributed by atoms with Crippen molar-refractivity contribution in [1.82, 2.24) is 0 Å². The first-order chi connectivity index (χ1) is 4.43. The second-order valence-electron chi connectivity index (χ2n) is 3.97. The normalized spacial score (nSPS) is 25.8. The maximum absolute atomic E-state index is 10.8. The average molecular weight is 138 g/mol. The molecule has 1 nitrogen and oxygen atoms in total. The molecule has 0 aromatic heterocycles. The third-order valence-electron chi connectivity index (χ3n) is 2.06. The number of carbonyl (C=O) groups is 1. The lowest BCUT2D eigenvalue weighted by molar-refractivity contribution is -0.119. The number of rotatable bonds is 0. The minimum absolute atomic E-state index is 0.181. The zero-order valence-corrected chi connectivity index (χ0v) is 7.06. The average Bonchev–Trinajstić information content (AvgIpc) is 1.79. The van der Waals surface area contributed by atoms with Crippen LogP contribution in [0.2, 0.25) is 0 Å². The van der Waals surface area contributed by atoms with Gasteiger partial charge in [-0.15, -0.1) is 0 Å². The lowest BCUT2D eigenvalue weighted by Crippen LogP contribution is -2.30. The Bertz CT molecular complexity index is 193. The van der Waals surface area contributed by atoms with Gasteiger partial charge in [-0.3, -0.25) is 4.79 Å². The van der Waals surface area contributed by atoms with Gasteiger partial charge in [-0.05, 0) is 11.5 Å². The highest BCUT2D eigenvalue weighted by atomic mass is 16.1. The molecule has 0 aliphatic heterocycles. The molecule has 1 rings (SSSR count). The molecule has 10 heavy (non-hydrogen) atoms. The SMILES string of the molecule is CC1C(=O)C=C1C(C)(C)C. The minimum atomic E-state index is 0.181. The standard InChI is InChI=1S/C9H14O/c1-6-7(5-8(6)10)9(2,3)4/h5-6H,1-4H3. The summed E-state index contributed by atoms with van der Waals surface area (Å²) in [7, 11) is 0. The Hall–Kier alpha value is -0.590. The molecule has 56 valence electrons. The van der Waals surface area contributed by atoms with Gasteiger partial charge in [0.2, 0.25) is 0 Å². The van der Waals surface area contributed by atoms with Crippen molar-refractivity contribution in [3.8, 4) is 0 Å². The van der Waals surface area contributed by atoms with E-state index in [-0.39, 0.29) is 17.1 Å². The van der Waals surface area contributed by atoms with Crippen molar-refractivity contribution >= 4 is 5.78 Å². The van der Waals surface area contributed by atoms with E-state index in [1.165, 1.54) is 5.57 Å². The smallest absolute Gasteiger partial charge is 0.162 e. The third kappa shape index (κ3) is 1.00. The van der Waals surface area contributed by atoms with Gasteiger partial charge < -0.3 is 0 Å². The van der Waals surface area contributed by atoms with Crippen LogP contribution in [0, 0.1) is 11.3 Å². The second kappa shape index (κ2) is 1.94. The summed E-state index contributed by atoms with van der Waals surface area (Å²) in [5.41, 5.74) is 1.48. The van der Waals surface area contributed by atoms with E-state index in [9.17, 15) is 4.79 Å². The van der Waals surface area contributed by atoms with Crippen LogP contribution < -0.4 is 0 Å². The van der Waals surface area contributed by atoms with Gasteiger partial charge in [0.1, 0.15) is 0 Å². The van der Waals surface area contributed by atoms with Gasteiger partial charge in [0.05, 0.1) is 0 Å². The van der Waals surface area contributed by atoms with E-state index in [2.05, 4.69) is 20.8 Å². The van der Waals surface area contributed by atoms with Crippen LogP contribution in [0.3, 0.4) is 0 Å². The van der Waals surface area contributed by atoms with Crippen molar-refractivity contribution in [3.63, 3.8) is 0 Å². The van der Waals surface area contributed by atoms with Crippen LogP contribution in [0.4, 0.5) is 0 Å². The number of allylic oxidation sites excluding steroid dienone is 2. The second-order valence-corrected chi connectivity index (χ2v) is 3.97. The predicted octanol–water partition coefficient (Wildman–Crippen LogP) is 2.18. The summed E-state index contributed by atoms with van der Waals surface area (Å²) in [4.78, 5) is 10.8. The molecule has 1 unspecified atom stereocenters. The summed E-state index contributed by atoms with van der Waals surface area (Å²) in [6.07, 6.45) is 1.77. The van der Waals surface area contributed by atoms with Crippen LogP contribution in [-0.4, -0.2) is 5.78 Å². The number of ketones is 1. The van der Waals surface area contributed by atoms with Crippen molar-refractivity contribution in [2.24, 2.45) is 11.3 Å². The first-order valence-corrected chi connectivity index (χ1v) is 3.69. The molecule has 1 aliphatic carbocycles. The number of hydrogen-bond donors (Lipinski definition) is 0. The molecule has 1 heteroatoms. The van der Waals surface area contributed by atoms with Gasteiger partial charge >= 0.3 is 0 Å². The molecule has 0 saturated carbocycles. The first kappa shape index (κ1) is 7.52. The van der Waals surface area contributed by atoms with Crippen molar-refractivity contribution in [3.05, 3.63) is 11.6 Å². The maximum Gasteiger partial charge on any atom is 0.162 e. The molecule has 0 heterocycles. The minimum Gasteiger partial charge on any atom is -0.294 e. The zero-order chi connectivity index (χ0) is 7.94. The van der Waals surface area contributed by atoms with Gasteiger partial charge in [-0.25, -0.2) is 0 Å². The van der Waals surface area contributed by atoms with E-state index >= 15 is 0 Å². The fourth-order valence-corrected chi connectivity index (χ4v) is 1.33. The lowest BCUT2D eigenvalue weighted by atomic mass is 9.71. The fraction of sp³-hybridized carbons (Fsp3) is 0.667. The highest BCUT2D eigenvalue weighted by Crippen LogP contribution is 2.37. The van der Waals surface area contributed by atoms with Gasteiger partial charge in [0.25, 0.3) is 0 Å². The summed E-state index contributed by atoms with van der Waals surface area (Å²) in [6.45, 7) is 8.40. The van der Waals surface area contributed by atoms with Crippen LogP contribution in [-0.2, 0) is 4.79 Å². The Morgan fingerprint density at radius 1 is 1.40 bits per heavy atom. The maximum atomic E-state index is 10.8. The molecule has 0 aromatic rings. The molecule has 0 bridgehead atoms. The Morgan fingerprint density at radius 3 is 2.00 bits per heavy atom. The van der Waals surface area contributed by atoms with Crippen LogP contribution in [0.5, 0.6) is 0 Å². The Morgan fingerprint density at radius 2 is 1.90 bits per heavy atom. The summed E-state index contributed by atoms with van der Waals surface area (Å²) >= 11 is 0. The molecule has 0 radical (unpaired) electrons. The Kier molecular flexibility index (Phi) is 1.46. The van der Waals surface area contributed by atoms with E-state index in [0.29, 0.717) is 0 Å². The third-order valence-corrected chi connectivity index (χ3v) is 2.06. The van der Waals surface area contributed by atoms with E-state index in [1.54, 1.807) is 6.08 Å². The summed E-state index contributed by atoms with van der Waals surface area (Å²) in [6, 6.07) is 0. The monoisotopic (exact) mass is 138 g/mol. The fourth-order valence-electron chi connectivity index (χ4n) is 1.33. The van der Waals surface area contributed by atoms with Crippen molar-refractivity contribution in [2.75, 3.05) is 0 Å². The van der Waals surface area contributed by atoms with Crippen LogP contribution in [0.15, 0.2) is 11.6 Å². The summed E-state index contributed by atoms with van der Waals surface area (Å²) in [5, 5.41) is 0. The molecule has 1 aliphatic rings. The molecule has 0 spiro atoms. The molecular weight excluding hydrogens is 124 g/mol. The van der Waals surface area contributed by atoms with Gasteiger partial charge in [0.15, 0.2) is 5.78 Å². The van der Waals surface area contributed by atoms with Crippen molar-refractivity contribution < 1.29 is 4.79 Å². The van der Waals surface area contributed by atoms with E-state index in [1.807, 2.05) is 6.92 Å². The number of hydrogen-bond acceptors (Lipinski definition) is 1. The van der Waals surface area contributed by atoms with E-state index < -0.39 is 0 Å². The molecule has 0 amide bonds. The van der Waals surface area contributed by atoms with E-state index in [0.717, 1.165) is 0 Å². The molecule has 0 fully saturated rings. The topological polar surface area (TPSA) is 17.1 Å². The lowest BCUT2D eigenvalue weighted by Gasteiger charge is -2.32. The van der Waals surface area contributed by atoms with Gasteiger partial charge in [0, 0.05) is 5.92 Å². The first-order valence-electron chi connectivity index (χ1n) is 3.69. The van der Waals surface area contributed by atoms with Crippen LogP contribution in [0.1, 0.15) is 27.7 Å².